The molecule has 0 spiro atoms. The summed E-state index contributed by atoms with van der Waals surface area (Å²) in [4.78, 5) is 19.0. The molecule has 1 amide bonds. The molecule has 0 aliphatic heterocycles. The Morgan fingerprint density at radius 3 is 2.90 bits per heavy atom. The van der Waals surface area contributed by atoms with Gasteiger partial charge in [0.2, 0.25) is 0 Å². The van der Waals surface area contributed by atoms with Gasteiger partial charge in [0, 0.05) is 11.7 Å². The first-order valence-electron chi connectivity index (χ1n) is 6.24. The molecule has 1 N–H and O–H groups in total. The summed E-state index contributed by atoms with van der Waals surface area (Å²) in [5, 5.41) is 7.70. The number of rotatable bonds is 3. The van der Waals surface area contributed by atoms with E-state index in [9.17, 15) is 4.79 Å². The van der Waals surface area contributed by atoms with Gasteiger partial charge in [-0.15, -0.1) is 11.3 Å². The monoisotopic (exact) mass is 286 g/mol. The molecule has 0 aliphatic carbocycles. The van der Waals surface area contributed by atoms with Crippen molar-refractivity contribution in [1.29, 1.82) is 0 Å². The number of aromatic amines is 1. The van der Waals surface area contributed by atoms with Crippen molar-refractivity contribution in [2.24, 2.45) is 0 Å². The molecule has 0 bridgehead atoms. The molecular weight excluding hydrogens is 272 g/mol. The standard InChI is InChI=1S/C14H14N4OS/c1-9-10-5-3-4-6-11(10)20-13(9)14(19)18(2)7-12-15-8-16-17-12/h3-6,8H,7H2,1-2H3,(H,15,16,17). The van der Waals surface area contributed by atoms with Crippen molar-refractivity contribution >= 4 is 27.3 Å². The van der Waals surface area contributed by atoms with E-state index in [4.69, 9.17) is 0 Å². The number of carbonyl (C=O) groups is 1. The second-order valence-corrected chi connectivity index (χ2v) is 5.70. The molecule has 6 heteroatoms. The highest BCUT2D eigenvalue weighted by Gasteiger charge is 2.19. The third kappa shape index (κ3) is 2.18. The number of thiophene rings is 1. The van der Waals surface area contributed by atoms with Gasteiger partial charge in [0.15, 0.2) is 0 Å². The van der Waals surface area contributed by atoms with E-state index in [-0.39, 0.29) is 5.91 Å². The summed E-state index contributed by atoms with van der Waals surface area (Å²) in [6.07, 6.45) is 1.44. The van der Waals surface area contributed by atoms with E-state index < -0.39 is 0 Å². The van der Waals surface area contributed by atoms with Crippen LogP contribution >= 0.6 is 11.3 Å². The number of benzene rings is 1. The minimum absolute atomic E-state index is 0.0140. The van der Waals surface area contributed by atoms with Gasteiger partial charge in [0.25, 0.3) is 5.91 Å². The lowest BCUT2D eigenvalue weighted by Gasteiger charge is -2.14. The van der Waals surface area contributed by atoms with Crippen molar-refractivity contribution in [3.05, 3.63) is 46.9 Å². The minimum atomic E-state index is 0.0140. The van der Waals surface area contributed by atoms with Crippen LogP contribution in [0.4, 0.5) is 0 Å². The zero-order chi connectivity index (χ0) is 14.1. The van der Waals surface area contributed by atoms with Crippen LogP contribution in [0.5, 0.6) is 0 Å². The Morgan fingerprint density at radius 2 is 2.20 bits per heavy atom. The summed E-state index contributed by atoms with van der Waals surface area (Å²) in [7, 11) is 1.77. The van der Waals surface area contributed by atoms with E-state index in [1.165, 1.54) is 17.7 Å². The van der Waals surface area contributed by atoms with Crippen LogP contribution < -0.4 is 0 Å². The van der Waals surface area contributed by atoms with Crippen LogP contribution in [0.2, 0.25) is 0 Å². The smallest absolute Gasteiger partial charge is 0.264 e. The van der Waals surface area contributed by atoms with E-state index in [1.54, 1.807) is 11.9 Å². The Bertz CT molecular complexity index is 748. The SMILES string of the molecule is Cc1c(C(=O)N(C)Cc2ncn[nH]2)sc2ccccc12. The molecule has 102 valence electrons. The molecule has 1 aromatic carbocycles. The van der Waals surface area contributed by atoms with Gasteiger partial charge in [0.05, 0.1) is 11.4 Å². The topological polar surface area (TPSA) is 61.9 Å². The molecule has 0 radical (unpaired) electrons. The van der Waals surface area contributed by atoms with E-state index >= 15 is 0 Å². The largest absolute Gasteiger partial charge is 0.333 e. The number of aromatic nitrogens is 3. The normalized spacial score (nSPS) is 10.9. The first-order valence-corrected chi connectivity index (χ1v) is 7.06. The maximum atomic E-state index is 12.5. The van der Waals surface area contributed by atoms with Crippen molar-refractivity contribution in [2.45, 2.75) is 13.5 Å². The molecule has 20 heavy (non-hydrogen) atoms. The van der Waals surface area contributed by atoms with Crippen molar-refractivity contribution in [1.82, 2.24) is 20.1 Å². The minimum Gasteiger partial charge on any atom is -0.333 e. The number of aryl methyl sites for hydroxylation is 1. The Balaban J connectivity index is 1.90. The van der Waals surface area contributed by atoms with E-state index in [0.29, 0.717) is 12.4 Å². The van der Waals surface area contributed by atoms with Crippen LogP contribution in [0, 0.1) is 6.92 Å². The predicted octanol–water partition coefficient (Wildman–Crippen LogP) is 2.60. The first kappa shape index (κ1) is 12.8. The number of amides is 1. The molecule has 0 atom stereocenters. The molecule has 3 rings (SSSR count). The zero-order valence-corrected chi connectivity index (χ0v) is 12.1. The zero-order valence-electron chi connectivity index (χ0n) is 11.3. The Kier molecular flexibility index (Phi) is 3.23. The lowest BCUT2D eigenvalue weighted by Crippen LogP contribution is -2.26. The predicted molar refractivity (Wildman–Crippen MR) is 78.7 cm³/mol. The number of hydrogen-bond acceptors (Lipinski definition) is 4. The van der Waals surface area contributed by atoms with Gasteiger partial charge in [-0.2, -0.15) is 5.10 Å². The molecule has 3 aromatic rings. The molecule has 5 nitrogen and oxygen atoms in total. The third-order valence-electron chi connectivity index (χ3n) is 3.24. The van der Waals surface area contributed by atoms with Crippen LogP contribution in [0.3, 0.4) is 0 Å². The highest BCUT2D eigenvalue weighted by atomic mass is 32.1. The summed E-state index contributed by atoms with van der Waals surface area (Å²) >= 11 is 1.54. The molecule has 2 heterocycles. The van der Waals surface area contributed by atoms with Gasteiger partial charge < -0.3 is 4.90 Å². The summed E-state index contributed by atoms with van der Waals surface area (Å²) in [5.74, 6) is 0.694. The lowest BCUT2D eigenvalue weighted by atomic mass is 10.1. The molecule has 0 saturated heterocycles. The van der Waals surface area contributed by atoms with Gasteiger partial charge in [0.1, 0.15) is 12.2 Å². The quantitative estimate of drug-likeness (QED) is 0.805. The number of fused-ring (bicyclic) bond motifs is 1. The second kappa shape index (κ2) is 5.05. The maximum Gasteiger partial charge on any atom is 0.264 e. The summed E-state index contributed by atoms with van der Waals surface area (Å²) in [6.45, 7) is 2.42. The first-order chi connectivity index (χ1) is 9.66. The van der Waals surface area contributed by atoms with Gasteiger partial charge in [-0.25, -0.2) is 4.98 Å². The maximum absolute atomic E-state index is 12.5. The molecule has 0 fully saturated rings. The van der Waals surface area contributed by atoms with Crippen LogP contribution in [0.15, 0.2) is 30.6 Å². The van der Waals surface area contributed by atoms with E-state index in [0.717, 1.165) is 20.5 Å². The Labute approximate surface area is 120 Å². The van der Waals surface area contributed by atoms with Crippen LogP contribution in [-0.4, -0.2) is 33.0 Å². The lowest BCUT2D eigenvalue weighted by molar-refractivity contribution is 0.0786. The second-order valence-electron chi connectivity index (χ2n) is 4.65. The van der Waals surface area contributed by atoms with Crippen LogP contribution in [0.1, 0.15) is 21.1 Å². The molecular formula is C14H14N4OS. The number of carbonyl (C=O) groups excluding carboxylic acids is 1. The van der Waals surface area contributed by atoms with Crippen molar-refractivity contribution in [2.75, 3.05) is 7.05 Å². The number of hydrogen-bond donors (Lipinski definition) is 1. The van der Waals surface area contributed by atoms with Gasteiger partial charge in [-0.05, 0) is 23.9 Å². The van der Waals surface area contributed by atoms with Crippen LogP contribution in [-0.2, 0) is 6.54 Å². The fraction of sp³-hybridized carbons (Fsp3) is 0.214. The van der Waals surface area contributed by atoms with Gasteiger partial charge in [-0.3, -0.25) is 9.89 Å². The van der Waals surface area contributed by atoms with Gasteiger partial charge >= 0.3 is 0 Å². The highest BCUT2D eigenvalue weighted by Crippen LogP contribution is 2.31. The average molecular weight is 286 g/mol. The van der Waals surface area contributed by atoms with E-state index in [2.05, 4.69) is 15.2 Å². The molecule has 2 aromatic heterocycles. The fourth-order valence-corrected chi connectivity index (χ4v) is 3.36. The fourth-order valence-electron chi connectivity index (χ4n) is 2.16. The highest BCUT2D eigenvalue weighted by molar-refractivity contribution is 7.21. The summed E-state index contributed by atoms with van der Waals surface area (Å²) in [5.41, 5.74) is 1.04. The van der Waals surface area contributed by atoms with Crippen molar-refractivity contribution < 1.29 is 4.79 Å². The number of nitrogens with one attached hydrogen (secondary N) is 1. The third-order valence-corrected chi connectivity index (χ3v) is 4.50. The van der Waals surface area contributed by atoms with E-state index in [1.807, 2.05) is 31.2 Å². The summed E-state index contributed by atoms with van der Waals surface area (Å²) in [6, 6.07) is 8.08. The Hall–Kier alpha value is -2.21. The molecule has 0 saturated carbocycles. The summed E-state index contributed by atoms with van der Waals surface area (Å²) < 4.78 is 1.14. The van der Waals surface area contributed by atoms with Crippen LogP contribution in [0.25, 0.3) is 10.1 Å². The van der Waals surface area contributed by atoms with Gasteiger partial charge in [-0.1, -0.05) is 18.2 Å². The Morgan fingerprint density at radius 1 is 1.40 bits per heavy atom. The van der Waals surface area contributed by atoms with Crippen molar-refractivity contribution in [3.63, 3.8) is 0 Å². The number of H-pyrrole nitrogens is 1. The molecule has 0 unspecified atom stereocenters. The molecule has 0 aliphatic rings. The number of nitrogens with zero attached hydrogens (tertiary/aromatic N) is 3. The average Bonchev–Trinajstić information content (AvgIpc) is 3.07. The van der Waals surface area contributed by atoms with Crippen molar-refractivity contribution in [3.8, 4) is 0 Å².